The lowest BCUT2D eigenvalue weighted by Gasteiger charge is -2.38. The molecule has 0 unspecified atom stereocenters. The van der Waals surface area contributed by atoms with E-state index in [4.69, 9.17) is 4.74 Å². The van der Waals surface area contributed by atoms with Crippen LogP contribution in [0.2, 0.25) is 0 Å². The molecule has 2 aliphatic heterocycles. The summed E-state index contributed by atoms with van der Waals surface area (Å²) in [6.07, 6.45) is 6.53. The van der Waals surface area contributed by atoms with Gasteiger partial charge >= 0.3 is 0 Å². The molecule has 0 aromatic carbocycles. The first kappa shape index (κ1) is 17.9. The molecule has 1 aromatic heterocycles. The summed E-state index contributed by atoms with van der Waals surface area (Å²) >= 11 is 0. The fourth-order valence-electron chi connectivity index (χ4n) is 4.11. The second-order valence-corrected chi connectivity index (χ2v) is 7.60. The van der Waals surface area contributed by atoms with Crippen LogP contribution in [0.3, 0.4) is 0 Å². The third kappa shape index (κ3) is 5.28. The van der Waals surface area contributed by atoms with E-state index in [2.05, 4.69) is 28.7 Å². The van der Waals surface area contributed by atoms with Gasteiger partial charge in [-0.2, -0.15) is 5.10 Å². The number of ether oxygens (including phenoxy) is 1. The Hall–Kier alpha value is -0.950. The molecule has 136 valence electrons. The Morgan fingerprint density at radius 1 is 1.12 bits per heavy atom. The number of hydrogen-bond acceptors (Lipinski definition) is 5. The van der Waals surface area contributed by atoms with Gasteiger partial charge in [0.15, 0.2) is 0 Å². The molecule has 6 heteroatoms. The molecule has 1 aromatic rings. The van der Waals surface area contributed by atoms with E-state index in [9.17, 15) is 5.11 Å². The molecule has 6 nitrogen and oxygen atoms in total. The number of aliphatic hydroxyl groups is 1. The maximum Gasteiger partial charge on any atom is 0.0793 e. The van der Waals surface area contributed by atoms with E-state index >= 15 is 0 Å². The van der Waals surface area contributed by atoms with Gasteiger partial charge in [0.1, 0.15) is 0 Å². The molecule has 3 rings (SSSR count). The second kappa shape index (κ2) is 8.43. The molecule has 3 heterocycles. The van der Waals surface area contributed by atoms with Crippen molar-refractivity contribution >= 4 is 0 Å². The van der Waals surface area contributed by atoms with Crippen molar-refractivity contribution in [3.63, 3.8) is 0 Å². The largest absolute Gasteiger partial charge is 0.390 e. The SMILES string of the molecule is C[C@@H]1CN(C[C@@H](O)CN2CCC(Cn3cccn3)CC2)C[C@@H](C)O1. The molecule has 3 atom stereocenters. The number of morpholine rings is 1. The van der Waals surface area contributed by atoms with Crippen LogP contribution in [0.15, 0.2) is 18.5 Å². The van der Waals surface area contributed by atoms with Gasteiger partial charge < -0.3 is 14.7 Å². The summed E-state index contributed by atoms with van der Waals surface area (Å²) in [6, 6.07) is 1.98. The normalized spacial score (nSPS) is 29.0. The van der Waals surface area contributed by atoms with Gasteiger partial charge in [-0.3, -0.25) is 9.58 Å². The summed E-state index contributed by atoms with van der Waals surface area (Å²) < 4.78 is 7.80. The van der Waals surface area contributed by atoms with Crippen molar-refractivity contribution in [2.45, 2.75) is 51.5 Å². The zero-order valence-electron chi connectivity index (χ0n) is 15.0. The van der Waals surface area contributed by atoms with Crippen LogP contribution in [-0.4, -0.2) is 82.3 Å². The molecule has 0 amide bonds. The van der Waals surface area contributed by atoms with Crippen molar-refractivity contribution in [3.05, 3.63) is 18.5 Å². The molecule has 2 aliphatic rings. The fourth-order valence-corrected chi connectivity index (χ4v) is 4.11. The Bertz CT molecular complexity index is 463. The van der Waals surface area contributed by atoms with Crippen LogP contribution in [-0.2, 0) is 11.3 Å². The average Bonchev–Trinajstić information content (AvgIpc) is 3.01. The predicted octanol–water partition coefficient (Wildman–Crippen LogP) is 1.07. The first-order chi connectivity index (χ1) is 11.6. The molecule has 2 fully saturated rings. The van der Waals surface area contributed by atoms with Gasteiger partial charge in [0.25, 0.3) is 0 Å². The number of aromatic nitrogens is 2. The smallest absolute Gasteiger partial charge is 0.0793 e. The maximum absolute atomic E-state index is 10.5. The monoisotopic (exact) mass is 336 g/mol. The van der Waals surface area contributed by atoms with Gasteiger partial charge in [0.05, 0.1) is 18.3 Å². The van der Waals surface area contributed by atoms with Crippen molar-refractivity contribution in [2.75, 3.05) is 39.3 Å². The molecular weight excluding hydrogens is 304 g/mol. The summed E-state index contributed by atoms with van der Waals surface area (Å²) in [6.45, 7) is 10.8. The van der Waals surface area contributed by atoms with Crippen LogP contribution in [0.25, 0.3) is 0 Å². The average molecular weight is 336 g/mol. The van der Waals surface area contributed by atoms with Gasteiger partial charge in [0.2, 0.25) is 0 Å². The minimum atomic E-state index is -0.273. The van der Waals surface area contributed by atoms with E-state index in [0.29, 0.717) is 5.92 Å². The summed E-state index contributed by atoms with van der Waals surface area (Å²) in [5, 5.41) is 14.8. The summed E-state index contributed by atoms with van der Waals surface area (Å²) in [5.74, 6) is 0.708. The van der Waals surface area contributed by atoms with Crippen molar-refractivity contribution in [3.8, 4) is 0 Å². The number of piperidine rings is 1. The van der Waals surface area contributed by atoms with E-state index in [0.717, 1.165) is 45.8 Å². The van der Waals surface area contributed by atoms with Gasteiger partial charge in [-0.1, -0.05) is 0 Å². The Morgan fingerprint density at radius 3 is 2.42 bits per heavy atom. The minimum absolute atomic E-state index is 0.263. The highest BCUT2D eigenvalue weighted by molar-refractivity contribution is 4.81. The highest BCUT2D eigenvalue weighted by atomic mass is 16.5. The summed E-state index contributed by atoms with van der Waals surface area (Å²) in [5.41, 5.74) is 0. The molecular formula is C18H32N4O2. The van der Waals surface area contributed by atoms with E-state index in [-0.39, 0.29) is 18.3 Å². The lowest BCUT2D eigenvalue weighted by molar-refractivity contribution is -0.0784. The van der Waals surface area contributed by atoms with Gasteiger partial charge in [-0.25, -0.2) is 0 Å². The zero-order chi connectivity index (χ0) is 16.9. The molecule has 0 saturated carbocycles. The Kier molecular flexibility index (Phi) is 6.27. The van der Waals surface area contributed by atoms with Crippen LogP contribution in [0, 0.1) is 5.92 Å². The van der Waals surface area contributed by atoms with Gasteiger partial charge in [0, 0.05) is 45.1 Å². The van der Waals surface area contributed by atoms with E-state index in [1.165, 1.54) is 12.8 Å². The van der Waals surface area contributed by atoms with Gasteiger partial charge in [-0.15, -0.1) is 0 Å². The number of likely N-dealkylation sites (tertiary alicyclic amines) is 1. The maximum atomic E-state index is 10.5. The first-order valence-corrected chi connectivity index (χ1v) is 9.34. The van der Waals surface area contributed by atoms with Crippen molar-refractivity contribution in [1.82, 2.24) is 19.6 Å². The first-order valence-electron chi connectivity index (χ1n) is 9.34. The fraction of sp³-hybridized carbons (Fsp3) is 0.833. The number of hydrogen-bond donors (Lipinski definition) is 1. The van der Waals surface area contributed by atoms with Crippen molar-refractivity contribution < 1.29 is 9.84 Å². The zero-order valence-corrected chi connectivity index (χ0v) is 15.0. The number of aliphatic hydroxyl groups excluding tert-OH is 1. The Morgan fingerprint density at radius 2 is 1.79 bits per heavy atom. The van der Waals surface area contributed by atoms with Gasteiger partial charge in [-0.05, 0) is 51.8 Å². The minimum Gasteiger partial charge on any atom is -0.390 e. The van der Waals surface area contributed by atoms with Crippen molar-refractivity contribution in [2.24, 2.45) is 5.92 Å². The molecule has 24 heavy (non-hydrogen) atoms. The van der Waals surface area contributed by atoms with Crippen LogP contribution in [0.5, 0.6) is 0 Å². The molecule has 2 saturated heterocycles. The number of rotatable bonds is 6. The van der Waals surface area contributed by atoms with E-state index in [1.54, 1.807) is 0 Å². The lowest BCUT2D eigenvalue weighted by Crippen LogP contribution is -2.50. The molecule has 0 spiro atoms. The molecule has 0 radical (unpaired) electrons. The Balaban J connectivity index is 1.36. The molecule has 0 bridgehead atoms. The number of β-amino-alcohol motifs (C(OH)–C–C–N with tert-alkyl or cyclic N) is 1. The van der Waals surface area contributed by atoms with Crippen LogP contribution in [0.1, 0.15) is 26.7 Å². The van der Waals surface area contributed by atoms with Crippen molar-refractivity contribution in [1.29, 1.82) is 0 Å². The highest BCUT2D eigenvalue weighted by Crippen LogP contribution is 2.19. The summed E-state index contributed by atoms with van der Waals surface area (Å²) in [4.78, 5) is 4.76. The molecule has 1 N–H and O–H groups in total. The van der Waals surface area contributed by atoms with Crippen LogP contribution >= 0.6 is 0 Å². The highest BCUT2D eigenvalue weighted by Gasteiger charge is 2.26. The third-order valence-corrected chi connectivity index (χ3v) is 5.14. The standard InChI is InChI=1S/C18H32N4O2/c1-15-10-21(11-16(2)24-15)14-18(23)13-20-8-4-17(5-9-20)12-22-7-3-6-19-22/h3,6-7,15-18,23H,4-5,8-14H2,1-2H3/t15-,16-,18+/m1/s1. The van der Waals surface area contributed by atoms with E-state index in [1.807, 2.05) is 23.1 Å². The quantitative estimate of drug-likeness (QED) is 0.842. The summed E-state index contributed by atoms with van der Waals surface area (Å²) in [7, 11) is 0. The molecule has 0 aliphatic carbocycles. The second-order valence-electron chi connectivity index (χ2n) is 7.60. The van der Waals surface area contributed by atoms with Crippen LogP contribution in [0.4, 0.5) is 0 Å². The lowest BCUT2D eigenvalue weighted by atomic mass is 9.96. The third-order valence-electron chi connectivity index (χ3n) is 5.14. The topological polar surface area (TPSA) is 53.8 Å². The number of nitrogens with zero attached hydrogens (tertiary/aromatic N) is 4. The van der Waals surface area contributed by atoms with E-state index < -0.39 is 0 Å². The Labute approximate surface area is 145 Å². The van der Waals surface area contributed by atoms with Crippen LogP contribution < -0.4 is 0 Å². The predicted molar refractivity (Wildman–Crippen MR) is 93.8 cm³/mol.